The van der Waals surface area contributed by atoms with Gasteiger partial charge in [0.1, 0.15) is 27.7 Å². The number of furan rings is 1. The van der Waals surface area contributed by atoms with Crippen LogP contribution in [0.5, 0.6) is 11.5 Å². The lowest BCUT2D eigenvalue weighted by Gasteiger charge is -2.13. The maximum Gasteiger partial charge on any atom is 0.265 e. The molecule has 0 radical (unpaired) electrons. The average molecular weight is 387 g/mol. The number of benzene rings is 2. The lowest BCUT2D eigenvalue weighted by atomic mass is 9.96. The largest absolute Gasteiger partial charge is 0.497 e. The van der Waals surface area contributed by atoms with Crippen molar-refractivity contribution in [3.05, 3.63) is 47.7 Å². The summed E-state index contributed by atoms with van der Waals surface area (Å²) in [5, 5.41) is 0.975. The fraction of sp³-hybridized carbons (Fsp3) is 0.300. The predicted octanol–water partition coefficient (Wildman–Crippen LogP) is 4.13. The Hall–Kier alpha value is -2.67. The van der Waals surface area contributed by atoms with Crippen LogP contribution in [-0.2, 0) is 22.9 Å². The lowest BCUT2D eigenvalue weighted by Crippen LogP contribution is -2.14. The van der Waals surface area contributed by atoms with Crippen molar-refractivity contribution >= 4 is 26.7 Å². The third-order valence-electron chi connectivity index (χ3n) is 4.87. The molecule has 7 heteroatoms. The third kappa shape index (κ3) is 3.23. The van der Waals surface area contributed by atoms with Crippen LogP contribution in [0.15, 0.2) is 45.7 Å². The van der Waals surface area contributed by atoms with Gasteiger partial charge in [-0.25, -0.2) is 8.42 Å². The molecule has 1 aromatic heterocycles. The molecule has 142 valence electrons. The Morgan fingerprint density at radius 2 is 1.81 bits per heavy atom. The summed E-state index contributed by atoms with van der Waals surface area (Å²) in [6, 6.07) is 10.0. The number of hydrogen-bond donors (Lipinski definition) is 1. The first-order chi connectivity index (χ1) is 13.0. The molecule has 27 heavy (non-hydrogen) atoms. The van der Waals surface area contributed by atoms with E-state index in [0.717, 1.165) is 42.4 Å². The van der Waals surface area contributed by atoms with Crippen LogP contribution < -0.4 is 14.2 Å². The first-order valence-corrected chi connectivity index (χ1v) is 10.3. The predicted molar refractivity (Wildman–Crippen MR) is 103 cm³/mol. The van der Waals surface area contributed by atoms with Gasteiger partial charge in [-0.15, -0.1) is 0 Å². The lowest BCUT2D eigenvalue weighted by molar-refractivity contribution is 0.392. The first-order valence-electron chi connectivity index (χ1n) is 8.81. The monoisotopic (exact) mass is 387 g/mol. The molecule has 1 aliphatic carbocycles. The maximum absolute atomic E-state index is 12.9. The topological polar surface area (TPSA) is 77.8 Å². The van der Waals surface area contributed by atoms with E-state index in [2.05, 4.69) is 4.72 Å². The zero-order valence-corrected chi connectivity index (χ0v) is 16.1. The molecule has 0 saturated heterocycles. The van der Waals surface area contributed by atoms with Gasteiger partial charge in [-0.1, -0.05) is 0 Å². The zero-order valence-electron chi connectivity index (χ0n) is 15.2. The number of aryl methyl sites for hydroxylation is 2. The van der Waals surface area contributed by atoms with Crippen molar-refractivity contribution in [2.45, 2.75) is 30.6 Å². The number of hydrogen-bond acceptors (Lipinski definition) is 5. The third-order valence-corrected chi connectivity index (χ3v) is 6.27. The zero-order chi connectivity index (χ0) is 19.0. The van der Waals surface area contributed by atoms with Gasteiger partial charge in [0.25, 0.3) is 10.0 Å². The van der Waals surface area contributed by atoms with Crippen LogP contribution >= 0.6 is 0 Å². The van der Waals surface area contributed by atoms with Crippen molar-refractivity contribution in [2.75, 3.05) is 18.9 Å². The first kappa shape index (κ1) is 17.7. The van der Waals surface area contributed by atoms with Crippen molar-refractivity contribution in [1.29, 1.82) is 0 Å². The highest BCUT2D eigenvalue weighted by atomic mass is 32.2. The van der Waals surface area contributed by atoms with Crippen LogP contribution in [0.3, 0.4) is 0 Å². The molecule has 0 atom stereocenters. The Bertz CT molecular complexity index is 1100. The van der Waals surface area contributed by atoms with Gasteiger partial charge in [-0.05, 0) is 49.6 Å². The number of sulfonamides is 1. The Morgan fingerprint density at radius 1 is 1.00 bits per heavy atom. The number of anilines is 1. The van der Waals surface area contributed by atoms with Crippen molar-refractivity contribution in [1.82, 2.24) is 0 Å². The van der Waals surface area contributed by atoms with E-state index in [1.807, 2.05) is 12.1 Å². The molecule has 2 aromatic carbocycles. The van der Waals surface area contributed by atoms with Gasteiger partial charge >= 0.3 is 0 Å². The summed E-state index contributed by atoms with van der Waals surface area (Å²) in [5.41, 5.74) is 2.47. The summed E-state index contributed by atoms with van der Waals surface area (Å²) in [7, 11) is -0.924. The van der Waals surface area contributed by atoms with E-state index >= 15 is 0 Å². The van der Waals surface area contributed by atoms with Gasteiger partial charge in [0.15, 0.2) is 0 Å². The summed E-state index contributed by atoms with van der Waals surface area (Å²) >= 11 is 0. The van der Waals surface area contributed by atoms with E-state index in [1.54, 1.807) is 18.2 Å². The van der Waals surface area contributed by atoms with E-state index in [4.69, 9.17) is 13.9 Å². The number of rotatable bonds is 5. The van der Waals surface area contributed by atoms with Crippen LogP contribution in [0.4, 0.5) is 5.69 Å². The summed E-state index contributed by atoms with van der Waals surface area (Å²) in [6.07, 6.45) is 4.15. The highest BCUT2D eigenvalue weighted by molar-refractivity contribution is 7.92. The standard InChI is InChI=1S/C20H21NO5S/c1-24-14-8-10-19(25-2)20(12-14)27(22,23)21-13-7-9-18-16(11-13)15-5-3-4-6-17(15)26-18/h7-12,21H,3-6H2,1-2H3. The Kier molecular flexibility index (Phi) is 4.47. The van der Waals surface area contributed by atoms with Crippen LogP contribution in [0.1, 0.15) is 24.2 Å². The van der Waals surface area contributed by atoms with Crippen LogP contribution in [0.2, 0.25) is 0 Å². The summed E-state index contributed by atoms with van der Waals surface area (Å²) < 4.78 is 44.8. The van der Waals surface area contributed by atoms with Crippen LogP contribution in [-0.4, -0.2) is 22.6 Å². The highest BCUT2D eigenvalue weighted by Gasteiger charge is 2.22. The molecule has 0 unspecified atom stereocenters. The molecule has 0 saturated carbocycles. The number of nitrogens with one attached hydrogen (secondary N) is 1. The Balaban J connectivity index is 1.73. The minimum Gasteiger partial charge on any atom is -0.497 e. The molecule has 0 aliphatic heterocycles. The molecule has 1 aliphatic rings. The number of fused-ring (bicyclic) bond motifs is 3. The molecule has 0 fully saturated rings. The fourth-order valence-corrected chi connectivity index (χ4v) is 4.77. The van der Waals surface area contributed by atoms with Crippen LogP contribution in [0.25, 0.3) is 11.0 Å². The number of ether oxygens (including phenoxy) is 2. The van der Waals surface area contributed by atoms with E-state index in [-0.39, 0.29) is 10.6 Å². The highest BCUT2D eigenvalue weighted by Crippen LogP contribution is 2.35. The molecule has 6 nitrogen and oxygen atoms in total. The van der Waals surface area contributed by atoms with Crippen molar-refractivity contribution in [3.8, 4) is 11.5 Å². The second-order valence-electron chi connectivity index (χ2n) is 6.54. The van der Waals surface area contributed by atoms with E-state index < -0.39 is 10.0 Å². The van der Waals surface area contributed by atoms with Gasteiger partial charge in [-0.2, -0.15) is 0 Å². The molecule has 1 heterocycles. The fourth-order valence-electron chi connectivity index (χ4n) is 3.53. The van der Waals surface area contributed by atoms with Gasteiger partial charge in [0.05, 0.1) is 14.2 Å². The second-order valence-corrected chi connectivity index (χ2v) is 8.19. The Morgan fingerprint density at radius 3 is 2.59 bits per heavy atom. The molecular formula is C20H21NO5S. The summed E-state index contributed by atoms with van der Waals surface area (Å²) in [5.74, 6) is 1.71. The molecular weight excluding hydrogens is 366 g/mol. The minimum atomic E-state index is -3.85. The number of methoxy groups -OCH3 is 2. The smallest absolute Gasteiger partial charge is 0.265 e. The van der Waals surface area contributed by atoms with E-state index in [1.165, 1.54) is 25.8 Å². The normalized spacial score (nSPS) is 14.0. The van der Waals surface area contributed by atoms with Gasteiger partial charge in [-0.3, -0.25) is 4.72 Å². The van der Waals surface area contributed by atoms with Crippen molar-refractivity contribution in [3.63, 3.8) is 0 Å². The van der Waals surface area contributed by atoms with Gasteiger partial charge in [0.2, 0.25) is 0 Å². The van der Waals surface area contributed by atoms with Gasteiger partial charge < -0.3 is 13.9 Å². The second kappa shape index (κ2) is 6.81. The molecule has 3 aromatic rings. The molecule has 1 N–H and O–H groups in total. The van der Waals surface area contributed by atoms with E-state index in [9.17, 15) is 8.42 Å². The van der Waals surface area contributed by atoms with Crippen LogP contribution in [0, 0.1) is 0 Å². The summed E-state index contributed by atoms with van der Waals surface area (Å²) in [4.78, 5) is 0.0265. The van der Waals surface area contributed by atoms with Crippen molar-refractivity contribution < 1.29 is 22.3 Å². The molecule has 4 rings (SSSR count). The maximum atomic E-state index is 12.9. The Labute approximate surface area is 158 Å². The SMILES string of the molecule is COc1ccc(OC)c(S(=O)(=O)Nc2ccc3oc4c(c3c2)CCCC4)c1. The minimum absolute atomic E-state index is 0.0265. The molecule has 0 spiro atoms. The quantitative estimate of drug-likeness (QED) is 0.712. The van der Waals surface area contributed by atoms with E-state index in [0.29, 0.717) is 11.4 Å². The van der Waals surface area contributed by atoms with Gasteiger partial charge in [0, 0.05) is 29.1 Å². The average Bonchev–Trinajstić information content (AvgIpc) is 3.05. The molecule has 0 amide bonds. The van der Waals surface area contributed by atoms with Crippen molar-refractivity contribution in [2.24, 2.45) is 0 Å². The molecule has 0 bridgehead atoms. The summed E-state index contributed by atoms with van der Waals surface area (Å²) in [6.45, 7) is 0.